The van der Waals surface area contributed by atoms with E-state index in [-0.39, 0.29) is 17.9 Å². The molecule has 4 fully saturated rings. The minimum absolute atomic E-state index is 0.0767. The van der Waals surface area contributed by atoms with E-state index in [9.17, 15) is 9.59 Å². The third-order valence-electron chi connectivity index (χ3n) is 12.0. The van der Waals surface area contributed by atoms with Gasteiger partial charge in [0.05, 0.1) is 31.6 Å². The van der Waals surface area contributed by atoms with Gasteiger partial charge in [-0.3, -0.25) is 14.5 Å². The van der Waals surface area contributed by atoms with Gasteiger partial charge in [0.1, 0.15) is 0 Å². The fourth-order valence-corrected chi connectivity index (χ4v) is 8.83. The predicted molar refractivity (Wildman–Crippen MR) is 210 cm³/mol. The first kappa shape index (κ1) is 36.9. The van der Waals surface area contributed by atoms with Crippen molar-refractivity contribution in [3.63, 3.8) is 0 Å². The molecule has 1 aliphatic carbocycles. The summed E-state index contributed by atoms with van der Waals surface area (Å²) >= 11 is 0. The van der Waals surface area contributed by atoms with Gasteiger partial charge in [0.15, 0.2) is 0 Å². The van der Waals surface area contributed by atoms with Crippen molar-refractivity contribution in [1.29, 1.82) is 0 Å². The average molecular weight is 709 g/mol. The molecule has 2 aromatic carbocycles. The molecule has 3 aromatic rings. The van der Waals surface area contributed by atoms with Crippen LogP contribution in [-0.4, -0.2) is 90.9 Å². The van der Waals surface area contributed by atoms with Crippen LogP contribution in [0.4, 0.5) is 0 Å². The smallest absolute Gasteiger partial charge is 0.251 e. The zero-order chi connectivity index (χ0) is 35.9. The van der Waals surface area contributed by atoms with E-state index in [0.717, 1.165) is 114 Å². The van der Waals surface area contributed by atoms with Crippen LogP contribution in [0.3, 0.4) is 0 Å². The van der Waals surface area contributed by atoms with Crippen molar-refractivity contribution in [3.8, 4) is 11.3 Å². The predicted octanol–water partition coefficient (Wildman–Crippen LogP) is 8.18. The van der Waals surface area contributed by atoms with Crippen molar-refractivity contribution >= 4 is 28.8 Å². The monoisotopic (exact) mass is 708 g/mol. The van der Waals surface area contributed by atoms with Crippen LogP contribution in [-0.2, 0) is 20.8 Å². The summed E-state index contributed by atoms with van der Waals surface area (Å²) in [5, 5.41) is 4.32. The van der Waals surface area contributed by atoms with Crippen LogP contribution in [0.25, 0.3) is 28.2 Å². The first-order valence-corrected chi connectivity index (χ1v) is 20.5. The summed E-state index contributed by atoms with van der Waals surface area (Å²) < 4.78 is 13.7. The lowest BCUT2D eigenvalue weighted by Gasteiger charge is -2.40. The molecule has 0 radical (unpaired) electrons. The van der Waals surface area contributed by atoms with Crippen LogP contribution < -0.4 is 5.32 Å². The lowest BCUT2D eigenvalue weighted by atomic mass is 9.86. The summed E-state index contributed by atoms with van der Waals surface area (Å²) in [6.07, 6.45) is 16.7. The Bertz CT molecular complexity index is 1690. The van der Waals surface area contributed by atoms with E-state index in [1.165, 1.54) is 47.9 Å². The van der Waals surface area contributed by atoms with E-state index in [0.29, 0.717) is 30.6 Å². The number of carbonyl (C=O) groups excluding carboxylic acids is 2. The number of benzene rings is 2. The fraction of sp³-hybridized carbons (Fsp3) is 0.591. The molecule has 8 rings (SSSR count). The van der Waals surface area contributed by atoms with E-state index < -0.39 is 0 Å². The minimum atomic E-state index is -0.0767. The quantitative estimate of drug-likeness (QED) is 0.230. The second-order valence-electron chi connectivity index (χ2n) is 15.5. The number of nitrogens with zero attached hydrogens (tertiary/aromatic N) is 3. The Kier molecular flexibility index (Phi) is 12.5. The third kappa shape index (κ3) is 8.19. The Morgan fingerprint density at radius 2 is 1.60 bits per heavy atom. The van der Waals surface area contributed by atoms with E-state index in [4.69, 9.17) is 9.47 Å². The number of aromatic nitrogens is 1. The molecule has 4 aliphatic heterocycles. The van der Waals surface area contributed by atoms with Gasteiger partial charge in [-0.25, -0.2) is 0 Å². The first-order valence-electron chi connectivity index (χ1n) is 20.5. The molecule has 0 spiro atoms. The Balaban J connectivity index is 0.000000985. The summed E-state index contributed by atoms with van der Waals surface area (Å²) in [4.78, 5) is 32.5. The normalized spacial score (nSPS) is 20.7. The molecule has 8 heteroatoms. The first-order chi connectivity index (χ1) is 25.6. The highest BCUT2D eigenvalue weighted by Crippen LogP contribution is 2.45. The standard InChI is InChI=1S/C40H52N4O4.C4H8/c1-3-8-28(9-4-2)37-35-14-13-30(39(45)41-26-33-11-7-21-48-33)25-36(35)44-27-31(24-29-10-5-6-12-34(29)38(37)44)40(46)43-17-15-32(16-18-43)42-19-22-47-23-20-42;1-2-4-3-1/h5-6,10,12-14,24-25,28,32-33H,3-4,7-9,11,15-23,26-27H2,1-2H3,(H,41,45);1-4H2/t33-;/m0./s1. The van der Waals surface area contributed by atoms with Gasteiger partial charge in [-0.05, 0) is 73.8 Å². The molecule has 1 aromatic heterocycles. The molecule has 5 heterocycles. The van der Waals surface area contributed by atoms with Gasteiger partial charge in [0.25, 0.3) is 11.8 Å². The molecule has 0 unspecified atom stereocenters. The Hall–Kier alpha value is -3.46. The second-order valence-corrected chi connectivity index (χ2v) is 15.5. The number of hydrogen-bond donors (Lipinski definition) is 1. The molecule has 1 atom stereocenters. The summed E-state index contributed by atoms with van der Waals surface area (Å²) in [6, 6.07) is 15.3. The minimum Gasteiger partial charge on any atom is -0.379 e. The van der Waals surface area contributed by atoms with Gasteiger partial charge < -0.3 is 24.3 Å². The highest BCUT2D eigenvalue weighted by Gasteiger charge is 2.33. The molecule has 2 amide bonds. The second kappa shape index (κ2) is 17.6. The van der Waals surface area contributed by atoms with Crippen LogP contribution in [0.5, 0.6) is 0 Å². The maximum absolute atomic E-state index is 14.4. The number of amides is 2. The van der Waals surface area contributed by atoms with Gasteiger partial charge in [-0.2, -0.15) is 0 Å². The number of fused-ring (bicyclic) bond motifs is 5. The van der Waals surface area contributed by atoms with Crippen molar-refractivity contribution in [1.82, 2.24) is 19.7 Å². The van der Waals surface area contributed by atoms with Gasteiger partial charge in [-0.1, -0.05) is 82.7 Å². The molecule has 8 nitrogen and oxygen atoms in total. The van der Waals surface area contributed by atoms with Crippen LogP contribution in [0.1, 0.15) is 118 Å². The number of nitrogens with one attached hydrogen (secondary N) is 1. The number of piperidine rings is 1. The molecule has 0 bridgehead atoms. The Morgan fingerprint density at radius 3 is 2.27 bits per heavy atom. The molecule has 5 aliphatic rings. The summed E-state index contributed by atoms with van der Waals surface area (Å²) in [6.45, 7) is 11.4. The van der Waals surface area contributed by atoms with Gasteiger partial charge in [0.2, 0.25) is 0 Å². The third-order valence-corrected chi connectivity index (χ3v) is 12.0. The SMILES string of the molecule is C1CCC1.CCCC(CCC)c1c2n(c3cc(C(=O)NC[C@@H]4CCCO4)ccc13)CC(C(=O)N1CCC(N3CCOCC3)CC1)=Cc1ccccc1-2. The summed E-state index contributed by atoms with van der Waals surface area (Å²) in [5.41, 5.74) is 7.31. The largest absolute Gasteiger partial charge is 0.379 e. The highest BCUT2D eigenvalue weighted by molar-refractivity contribution is 6.04. The number of morpholine rings is 1. The zero-order valence-corrected chi connectivity index (χ0v) is 31.7. The topological polar surface area (TPSA) is 76.0 Å². The van der Waals surface area contributed by atoms with E-state index in [1.807, 2.05) is 6.07 Å². The maximum Gasteiger partial charge on any atom is 0.251 e. The summed E-state index contributed by atoms with van der Waals surface area (Å²) in [5.74, 6) is 0.445. The molecule has 1 saturated carbocycles. The fourth-order valence-electron chi connectivity index (χ4n) is 8.83. The van der Waals surface area contributed by atoms with Gasteiger partial charge >= 0.3 is 0 Å². The number of likely N-dealkylation sites (tertiary alicyclic amines) is 1. The molecular formula is C44H60N4O4. The lowest BCUT2D eigenvalue weighted by molar-refractivity contribution is -0.129. The van der Waals surface area contributed by atoms with Gasteiger partial charge in [-0.15, -0.1) is 0 Å². The van der Waals surface area contributed by atoms with E-state index in [1.54, 1.807) is 0 Å². The van der Waals surface area contributed by atoms with Crippen molar-refractivity contribution in [3.05, 3.63) is 64.7 Å². The van der Waals surface area contributed by atoms with Gasteiger partial charge in [0, 0.05) is 73.0 Å². The van der Waals surface area contributed by atoms with Crippen LogP contribution >= 0.6 is 0 Å². The Morgan fingerprint density at radius 1 is 0.865 bits per heavy atom. The average Bonchev–Trinajstić information content (AvgIpc) is 3.75. The lowest BCUT2D eigenvalue weighted by Crippen LogP contribution is -2.50. The van der Waals surface area contributed by atoms with Crippen molar-refractivity contribution in [2.24, 2.45) is 0 Å². The summed E-state index contributed by atoms with van der Waals surface area (Å²) in [7, 11) is 0. The van der Waals surface area contributed by atoms with E-state index in [2.05, 4.69) is 76.0 Å². The highest BCUT2D eigenvalue weighted by atomic mass is 16.5. The molecule has 280 valence electrons. The van der Waals surface area contributed by atoms with Crippen molar-refractivity contribution in [2.75, 3.05) is 52.5 Å². The molecule has 3 saturated heterocycles. The van der Waals surface area contributed by atoms with Crippen LogP contribution in [0.15, 0.2) is 48.0 Å². The number of carbonyl (C=O) groups is 2. The number of rotatable bonds is 10. The molecular weight excluding hydrogens is 649 g/mol. The number of hydrogen-bond acceptors (Lipinski definition) is 5. The molecule has 1 N–H and O–H groups in total. The Labute approximate surface area is 310 Å². The van der Waals surface area contributed by atoms with E-state index >= 15 is 0 Å². The van der Waals surface area contributed by atoms with Crippen molar-refractivity contribution < 1.29 is 19.1 Å². The zero-order valence-electron chi connectivity index (χ0n) is 31.7. The van der Waals surface area contributed by atoms with Crippen LogP contribution in [0, 0.1) is 0 Å². The molecule has 52 heavy (non-hydrogen) atoms. The maximum atomic E-state index is 14.4. The van der Waals surface area contributed by atoms with Crippen molar-refractivity contribution in [2.45, 2.75) is 116 Å². The number of ether oxygens (including phenoxy) is 2. The van der Waals surface area contributed by atoms with Crippen LogP contribution in [0.2, 0.25) is 0 Å².